The monoisotopic (exact) mass is 275 g/mol. The van der Waals surface area contributed by atoms with Gasteiger partial charge in [0.25, 0.3) is 11.8 Å². The van der Waals surface area contributed by atoms with Gasteiger partial charge in [0.2, 0.25) is 0 Å². The molecule has 0 radical (unpaired) electrons. The predicted molar refractivity (Wildman–Crippen MR) is 67.3 cm³/mol. The lowest BCUT2D eigenvalue weighted by Gasteiger charge is -2.12. The molecule has 0 bridgehead atoms. The Balaban J connectivity index is 1.96. The molecule has 0 aromatic heterocycles. The van der Waals surface area contributed by atoms with Gasteiger partial charge in [-0.3, -0.25) is 14.4 Å². The number of Topliss-reactive ketones (excluding diaryl/α,β-unsaturated/α-hetero) is 1. The molecule has 6 nitrogen and oxygen atoms in total. The Labute approximate surface area is 115 Å². The number of rotatable bonds is 4. The van der Waals surface area contributed by atoms with Crippen molar-refractivity contribution in [3.05, 3.63) is 35.4 Å². The molecule has 1 fully saturated rings. The van der Waals surface area contributed by atoms with Gasteiger partial charge in [0.05, 0.1) is 6.42 Å². The Bertz CT molecular complexity index is 560. The third-order valence-electron chi connectivity index (χ3n) is 2.91. The topological polar surface area (TPSA) is 80.8 Å². The zero-order chi connectivity index (χ0) is 14.7. The number of ketones is 1. The van der Waals surface area contributed by atoms with E-state index >= 15 is 0 Å². The minimum absolute atomic E-state index is 0.0626. The van der Waals surface area contributed by atoms with E-state index in [1.807, 2.05) is 0 Å². The number of carbonyl (C=O) groups excluding carboxylic acids is 4. The summed E-state index contributed by atoms with van der Waals surface area (Å²) < 4.78 is 0. The molecule has 1 saturated heterocycles. The highest BCUT2D eigenvalue weighted by Gasteiger charge is 2.32. The van der Waals surface area contributed by atoms with Gasteiger partial charge in [0, 0.05) is 18.4 Å². The molecule has 0 N–H and O–H groups in total. The molecule has 1 aromatic carbocycles. The van der Waals surface area contributed by atoms with Crippen LogP contribution in [-0.2, 0) is 25.6 Å². The summed E-state index contributed by atoms with van der Waals surface area (Å²) in [6, 6.07) is 6.48. The van der Waals surface area contributed by atoms with Crippen molar-refractivity contribution < 1.29 is 24.0 Å². The fourth-order valence-electron chi connectivity index (χ4n) is 1.82. The summed E-state index contributed by atoms with van der Waals surface area (Å²) in [4.78, 5) is 50.1. The molecule has 104 valence electrons. The molecular weight excluding hydrogens is 262 g/mol. The van der Waals surface area contributed by atoms with E-state index in [9.17, 15) is 19.2 Å². The van der Waals surface area contributed by atoms with E-state index in [2.05, 4.69) is 0 Å². The third-order valence-corrected chi connectivity index (χ3v) is 2.91. The first-order valence-corrected chi connectivity index (χ1v) is 6.14. The second kappa shape index (κ2) is 5.64. The zero-order valence-corrected chi connectivity index (χ0v) is 10.9. The first-order valence-electron chi connectivity index (χ1n) is 6.14. The summed E-state index contributed by atoms with van der Waals surface area (Å²) in [5.41, 5.74) is 1.19. The third kappa shape index (κ3) is 3.09. The van der Waals surface area contributed by atoms with Crippen LogP contribution in [0.3, 0.4) is 0 Å². The molecule has 0 unspecified atom stereocenters. The first kappa shape index (κ1) is 13.9. The smallest absolute Gasteiger partial charge is 0.330 e. The van der Waals surface area contributed by atoms with Crippen LogP contribution in [0.1, 0.15) is 35.7 Å². The standard InChI is InChI=1S/C14H13NO5/c1-9(16)11-4-2-10(3-5-11)8-14(19)20-15-12(17)6-7-13(15)18/h2-5H,6-8H2,1H3. The number of amides is 2. The number of carbonyl (C=O) groups is 4. The maximum atomic E-state index is 11.6. The van der Waals surface area contributed by atoms with Crippen LogP contribution in [0, 0.1) is 0 Å². The highest BCUT2D eigenvalue weighted by molar-refractivity contribution is 6.01. The van der Waals surface area contributed by atoms with Crippen molar-refractivity contribution in [2.45, 2.75) is 26.2 Å². The van der Waals surface area contributed by atoms with Gasteiger partial charge in [0.15, 0.2) is 5.78 Å². The molecule has 0 spiro atoms. The number of hydrogen-bond donors (Lipinski definition) is 0. The fourth-order valence-corrected chi connectivity index (χ4v) is 1.82. The van der Waals surface area contributed by atoms with Gasteiger partial charge < -0.3 is 4.84 Å². The van der Waals surface area contributed by atoms with E-state index in [0.717, 1.165) is 0 Å². The summed E-state index contributed by atoms with van der Waals surface area (Å²) in [6.45, 7) is 1.45. The Morgan fingerprint density at radius 3 is 2.15 bits per heavy atom. The SMILES string of the molecule is CC(=O)c1ccc(CC(=O)ON2C(=O)CCC2=O)cc1. The summed E-state index contributed by atoms with van der Waals surface area (Å²) >= 11 is 0. The van der Waals surface area contributed by atoms with Gasteiger partial charge in [-0.25, -0.2) is 4.79 Å². The van der Waals surface area contributed by atoms with Crippen molar-refractivity contribution >= 4 is 23.6 Å². The van der Waals surface area contributed by atoms with Crippen LogP contribution in [0.2, 0.25) is 0 Å². The molecule has 0 saturated carbocycles. The van der Waals surface area contributed by atoms with E-state index in [1.165, 1.54) is 6.92 Å². The van der Waals surface area contributed by atoms with Gasteiger partial charge in [-0.2, -0.15) is 0 Å². The van der Waals surface area contributed by atoms with E-state index in [1.54, 1.807) is 24.3 Å². The van der Waals surface area contributed by atoms with Crippen LogP contribution < -0.4 is 0 Å². The molecule has 0 atom stereocenters. The average Bonchev–Trinajstić information content (AvgIpc) is 2.71. The van der Waals surface area contributed by atoms with Crippen LogP contribution in [-0.4, -0.2) is 28.6 Å². The van der Waals surface area contributed by atoms with Crippen LogP contribution in [0.5, 0.6) is 0 Å². The van der Waals surface area contributed by atoms with Gasteiger partial charge in [0.1, 0.15) is 0 Å². The van der Waals surface area contributed by atoms with E-state index in [4.69, 9.17) is 4.84 Å². The van der Waals surface area contributed by atoms with Crippen molar-refractivity contribution in [2.24, 2.45) is 0 Å². The summed E-state index contributed by atoms with van der Waals surface area (Å²) in [6.07, 6.45) is 0.0636. The summed E-state index contributed by atoms with van der Waals surface area (Å²) in [5, 5.41) is 0.520. The van der Waals surface area contributed by atoms with Crippen LogP contribution in [0.25, 0.3) is 0 Å². The van der Waals surface area contributed by atoms with Gasteiger partial charge in [-0.1, -0.05) is 24.3 Å². The van der Waals surface area contributed by atoms with Crippen LogP contribution in [0.15, 0.2) is 24.3 Å². The molecule has 1 aliphatic heterocycles. The second-order valence-electron chi connectivity index (χ2n) is 4.48. The lowest BCUT2D eigenvalue weighted by Crippen LogP contribution is -2.32. The Kier molecular flexibility index (Phi) is 3.93. The number of benzene rings is 1. The van der Waals surface area contributed by atoms with Crippen molar-refractivity contribution in [1.29, 1.82) is 0 Å². The van der Waals surface area contributed by atoms with E-state index < -0.39 is 17.8 Å². The second-order valence-corrected chi connectivity index (χ2v) is 4.48. The van der Waals surface area contributed by atoms with Crippen molar-refractivity contribution in [2.75, 3.05) is 0 Å². The minimum Gasteiger partial charge on any atom is -0.330 e. The predicted octanol–water partition coefficient (Wildman–Crippen LogP) is 1.04. The molecule has 2 rings (SSSR count). The van der Waals surface area contributed by atoms with E-state index in [-0.39, 0.29) is 25.0 Å². The number of nitrogens with zero attached hydrogens (tertiary/aromatic N) is 1. The molecule has 1 aliphatic rings. The molecule has 0 aliphatic carbocycles. The Morgan fingerprint density at radius 1 is 1.10 bits per heavy atom. The van der Waals surface area contributed by atoms with Gasteiger partial charge >= 0.3 is 5.97 Å². The fraction of sp³-hybridized carbons (Fsp3) is 0.286. The lowest BCUT2D eigenvalue weighted by atomic mass is 10.1. The summed E-state index contributed by atoms with van der Waals surface area (Å²) in [5.74, 6) is -1.76. The molecule has 20 heavy (non-hydrogen) atoms. The largest absolute Gasteiger partial charge is 0.337 e. The normalized spacial score (nSPS) is 14.6. The highest BCUT2D eigenvalue weighted by atomic mass is 16.7. The first-order chi connectivity index (χ1) is 9.47. The van der Waals surface area contributed by atoms with Crippen LogP contribution >= 0.6 is 0 Å². The number of imide groups is 1. The zero-order valence-electron chi connectivity index (χ0n) is 10.9. The maximum absolute atomic E-state index is 11.6. The molecular formula is C14H13NO5. The number of hydroxylamine groups is 2. The van der Waals surface area contributed by atoms with Crippen molar-refractivity contribution in [3.8, 4) is 0 Å². The Hall–Kier alpha value is -2.50. The van der Waals surface area contributed by atoms with Gasteiger partial charge in [-0.05, 0) is 12.5 Å². The minimum atomic E-state index is -0.691. The molecule has 1 aromatic rings. The molecule has 2 amide bonds. The van der Waals surface area contributed by atoms with Crippen molar-refractivity contribution in [3.63, 3.8) is 0 Å². The average molecular weight is 275 g/mol. The Morgan fingerprint density at radius 2 is 1.65 bits per heavy atom. The molecule has 1 heterocycles. The number of hydrogen-bond acceptors (Lipinski definition) is 5. The quantitative estimate of drug-likeness (QED) is 0.605. The highest BCUT2D eigenvalue weighted by Crippen LogP contribution is 2.13. The van der Waals surface area contributed by atoms with Crippen molar-refractivity contribution in [1.82, 2.24) is 5.06 Å². The van der Waals surface area contributed by atoms with Gasteiger partial charge in [-0.15, -0.1) is 5.06 Å². The molecule has 6 heteroatoms. The summed E-state index contributed by atoms with van der Waals surface area (Å²) in [7, 11) is 0. The lowest BCUT2D eigenvalue weighted by molar-refractivity contribution is -0.197. The maximum Gasteiger partial charge on any atom is 0.337 e. The van der Waals surface area contributed by atoms with Crippen LogP contribution in [0.4, 0.5) is 0 Å². The van der Waals surface area contributed by atoms with E-state index in [0.29, 0.717) is 16.2 Å².